The Kier molecular flexibility index (Phi) is 5.74. The number of hydrogen-bond acceptors (Lipinski definition) is 2. The van der Waals surface area contributed by atoms with Crippen LogP contribution in [0.2, 0.25) is 0 Å². The summed E-state index contributed by atoms with van der Waals surface area (Å²) in [6.45, 7) is 18.4. The third-order valence-electron chi connectivity index (χ3n) is 11.3. The van der Waals surface area contributed by atoms with Gasteiger partial charge in [0, 0.05) is 18.3 Å². The minimum Gasteiger partial charge on any atom is -0.299 e. The maximum absolute atomic E-state index is 12.8. The fourth-order valence-corrected chi connectivity index (χ4v) is 9.31. The average Bonchev–Trinajstić information content (AvgIpc) is 2.96. The molecule has 0 saturated heterocycles. The number of Topliss-reactive ketones (excluding diaryl/α,β-unsaturated/α-hetero) is 1. The lowest BCUT2D eigenvalue weighted by molar-refractivity contribution is -0.146. The first-order valence-corrected chi connectivity index (χ1v) is 13.2. The Morgan fingerprint density at radius 3 is 2.44 bits per heavy atom. The number of carbonyl (C=O) groups is 2. The van der Waals surface area contributed by atoms with Crippen LogP contribution in [0.4, 0.5) is 0 Å². The molecule has 7 atom stereocenters. The number of allylic oxidation sites excluding steroid dienone is 4. The van der Waals surface area contributed by atoms with Gasteiger partial charge in [-0.3, -0.25) is 9.59 Å². The molecule has 0 aromatic carbocycles. The monoisotopic (exact) mass is 438 g/mol. The quantitative estimate of drug-likeness (QED) is 0.332. The first-order valence-electron chi connectivity index (χ1n) is 13.2. The first kappa shape index (κ1) is 24.0. The van der Waals surface area contributed by atoms with Gasteiger partial charge in [-0.05, 0) is 98.4 Å². The molecule has 0 heterocycles. The molecule has 0 aromatic rings. The Labute approximate surface area is 196 Å². The summed E-state index contributed by atoms with van der Waals surface area (Å²) in [6, 6.07) is 0. The zero-order valence-electron chi connectivity index (χ0n) is 21.9. The largest absolute Gasteiger partial charge is 0.299 e. The van der Waals surface area contributed by atoms with E-state index < -0.39 is 0 Å². The molecule has 4 rings (SSSR count). The van der Waals surface area contributed by atoms with E-state index in [-0.39, 0.29) is 21.7 Å². The lowest BCUT2D eigenvalue weighted by atomic mass is 9.41. The third kappa shape index (κ3) is 3.25. The second-order valence-electron chi connectivity index (χ2n) is 13.5. The minimum atomic E-state index is -0.200. The highest BCUT2D eigenvalue weighted by molar-refractivity contribution is 5.90. The summed E-state index contributed by atoms with van der Waals surface area (Å²) < 4.78 is 0. The summed E-state index contributed by atoms with van der Waals surface area (Å²) in [6.07, 6.45) is 13.0. The van der Waals surface area contributed by atoms with Crippen LogP contribution >= 0.6 is 0 Å². The van der Waals surface area contributed by atoms with Crippen molar-refractivity contribution in [2.45, 2.75) is 107 Å². The highest BCUT2D eigenvalue weighted by Gasteiger charge is 2.65. The molecule has 4 aliphatic carbocycles. The van der Waals surface area contributed by atoms with Crippen molar-refractivity contribution < 1.29 is 9.59 Å². The Morgan fingerprint density at radius 2 is 1.78 bits per heavy atom. The van der Waals surface area contributed by atoms with E-state index >= 15 is 0 Å². The van der Waals surface area contributed by atoms with Crippen LogP contribution in [-0.4, -0.2) is 11.6 Å². The van der Waals surface area contributed by atoms with Crippen LogP contribution in [0, 0.1) is 45.3 Å². The maximum atomic E-state index is 12.8. The SMILES string of the molecule is CC(C)=CC(=O)C[C@H](C)[C@@H]1CC[C@]2(C)C3=CC[C@H]4C(C)(C)C(=O)CC[C@]4(C)[C@H]3CC[C@@]12C. The molecule has 3 fully saturated rings. The van der Waals surface area contributed by atoms with Crippen LogP contribution in [-0.2, 0) is 9.59 Å². The molecule has 0 unspecified atom stereocenters. The van der Waals surface area contributed by atoms with Gasteiger partial charge in [0.2, 0.25) is 0 Å². The lowest BCUT2D eigenvalue weighted by Crippen LogP contribution is -2.57. The number of rotatable bonds is 4. The van der Waals surface area contributed by atoms with Gasteiger partial charge in [0.15, 0.2) is 5.78 Å². The molecule has 32 heavy (non-hydrogen) atoms. The second kappa shape index (κ2) is 7.67. The van der Waals surface area contributed by atoms with Crippen molar-refractivity contribution in [3.05, 3.63) is 23.3 Å². The predicted octanol–water partition coefficient (Wildman–Crippen LogP) is 7.72. The summed E-state index contributed by atoms with van der Waals surface area (Å²) in [4.78, 5) is 25.4. The molecule has 0 radical (unpaired) electrons. The van der Waals surface area contributed by atoms with Gasteiger partial charge in [0.05, 0.1) is 0 Å². The minimum absolute atomic E-state index is 0.200. The van der Waals surface area contributed by atoms with Gasteiger partial charge in [0.25, 0.3) is 0 Å². The van der Waals surface area contributed by atoms with Crippen LogP contribution in [0.15, 0.2) is 23.3 Å². The third-order valence-corrected chi connectivity index (χ3v) is 11.3. The summed E-state index contributed by atoms with van der Waals surface area (Å²) in [7, 11) is 0. The molecule has 4 aliphatic rings. The van der Waals surface area contributed by atoms with Gasteiger partial charge >= 0.3 is 0 Å². The summed E-state index contributed by atoms with van der Waals surface area (Å²) in [5.41, 5.74) is 3.37. The number of hydrogen-bond donors (Lipinski definition) is 0. The van der Waals surface area contributed by atoms with Crippen molar-refractivity contribution in [2.75, 3.05) is 0 Å². The van der Waals surface area contributed by atoms with Crippen LogP contribution in [0.1, 0.15) is 107 Å². The molecule has 0 aromatic heterocycles. The summed E-state index contributed by atoms with van der Waals surface area (Å²) in [5, 5.41) is 0. The molecule has 2 nitrogen and oxygen atoms in total. The van der Waals surface area contributed by atoms with E-state index in [9.17, 15) is 9.59 Å². The molecule has 0 amide bonds. The average molecular weight is 439 g/mol. The number of carbonyl (C=O) groups excluding carboxylic acids is 2. The zero-order valence-corrected chi connectivity index (χ0v) is 21.9. The molecule has 0 N–H and O–H groups in total. The van der Waals surface area contributed by atoms with Crippen molar-refractivity contribution in [3.63, 3.8) is 0 Å². The normalized spacial score (nSPS) is 43.4. The fourth-order valence-electron chi connectivity index (χ4n) is 9.31. The van der Waals surface area contributed by atoms with Crippen LogP contribution in [0.3, 0.4) is 0 Å². The van der Waals surface area contributed by atoms with E-state index in [1.807, 2.05) is 19.9 Å². The van der Waals surface area contributed by atoms with E-state index in [0.29, 0.717) is 41.7 Å². The highest BCUT2D eigenvalue weighted by Crippen LogP contribution is 2.73. The van der Waals surface area contributed by atoms with Gasteiger partial charge < -0.3 is 0 Å². The van der Waals surface area contributed by atoms with E-state index in [0.717, 1.165) is 24.8 Å². The highest BCUT2D eigenvalue weighted by atomic mass is 16.1. The lowest BCUT2D eigenvalue weighted by Gasteiger charge is -2.63. The molecule has 0 spiro atoms. The summed E-state index contributed by atoms with van der Waals surface area (Å²) in [5.74, 6) is 2.90. The van der Waals surface area contributed by atoms with Gasteiger partial charge in [0.1, 0.15) is 5.78 Å². The van der Waals surface area contributed by atoms with Gasteiger partial charge in [-0.25, -0.2) is 0 Å². The first-order chi connectivity index (χ1) is 14.8. The molecular formula is C30H46O2. The van der Waals surface area contributed by atoms with Crippen molar-refractivity contribution in [1.82, 2.24) is 0 Å². The van der Waals surface area contributed by atoms with Gasteiger partial charge in [-0.1, -0.05) is 58.8 Å². The molecule has 0 bridgehead atoms. The van der Waals surface area contributed by atoms with E-state index in [4.69, 9.17) is 0 Å². The Morgan fingerprint density at radius 1 is 1.09 bits per heavy atom. The standard InChI is InChI=1S/C30H46O2/c1-19(2)17-21(31)18-20(3)22-11-15-30(8)24-9-10-25-27(4,5)26(32)13-14-28(25,6)23(24)12-16-29(22,30)7/h9,17,20,22-23,25H,10-16,18H2,1-8H3/t20-,22-,23-,25-,28+,29-,30+/m0/s1. The maximum Gasteiger partial charge on any atom is 0.155 e. The smallest absolute Gasteiger partial charge is 0.155 e. The fraction of sp³-hybridized carbons (Fsp3) is 0.800. The zero-order chi connectivity index (χ0) is 23.7. The van der Waals surface area contributed by atoms with E-state index in [1.54, 1.807) is 5.57 Å². The molecule has 2 heteroatoms. The van der Waals surface area contributed by atoms with Crippen LogP contribution in [0.25, 0.3) is 0 Å². The van der Waals surface area contributed by atoms with Gasteiger partial charge in [-0.2, -0.15) is 0 Å². The topological polar surface area (TPSA) is 34.1 Å². The van der Waals surface area contributed by atoms with E-state index in [1.165, 1.54) is 25.7 Å². The Balaban J connectivity index is 1.64. The molecule has 3 saturated carbocycles. The Bertz CT molecular complexity index is 871. The van der Waals surface area contributed by atoms with Crippen molar-refractivity contribution in [3.8, 4) is 0 Å². The molecular weight excluding hydrogens is 392 g/mol. The second-order valence-corrected chi connectivity index (χ2v) is 13.5. The van der Waals surface area contributed by atoms with Crippen molar-refractivity contribution >= 4 is 11.6 Å². The van der Waals surface area contributed by atoms with Crippen molar-refractivity contribution in [1.29, 1.82) is 0 Å². The van der Waals surface area contributed by atoms with Gasteiger partial charge in [-0.15, -0.1) is 0 Å². The summed E-state index contributed by atoms with van der Waals surface area (Å²) >= 11 is 0. The number of fused-ring (bicyclic) bond motifs is 5. The van der Waals surface area contributed by atoms with Crippen LogP contribution < -0.4 is 0 Å². The van der Waals surface area contributed by atoms with Crippen LogP contribution in [0.5, 0.6) is 0 Å². The van der Waals surface area contributed by atoms with E-state index in [2.05, 4.69) is 47.6 Å². The number of ketones is 2. The predicted molar refractivity (Wildman–Crippen MR) is 132 cm³/mol. The molecule has 178 valence electrons. The molecule has 0 aliphatic heterocycles. The Hall–Kier alpha value is -1.18. The van der Waals surface area contributed by atoms with Crippen molar-refractivity contribution in [2.24, 2.45) is 45.3 Å².